The van der Waals surface area contributed by atoms with Gasteiger partial charge >= 0.3 is 0 Å². The Morgan fingerprint density at radius 1 is 1.29 bits per heavy atom. The van der Waals surface area contributed by atoms with E-state index in [9.17, 15) is 0 Å². The molecule has 3 heteroatoms. The molecule has 38 valence electrons. The fourth-order valence-electron chi connectivity index (χ4n) is 0.0289. The van der Waals surface area contributed by atoms with Crippen LogP contribution in [0.15, 0.2) is 0 Å². The molecule has 0 aromatic heterocycles. The van der Waals surface area contributed by atoms with E-state index in [1.165, 1.54) is 0 Å². The Bertz CT molecular complexity index is 91.1. The normalized spacial score (nSPS) is 5.71. The van der Waals surface area contributed by atoms with Crippen molar-refractivity contribution in [2.75, 3.05) is 0 Å². The van der Waals surface area contributed by atoms with Crippen molar-refractivity contribution < 1.29 is 0 Å². The summed E-state index contributed by atoms with van der Waals surface area (Å²) >= 11 is 0. The lowest BCUT2D eigenvalue weighted by molar-refractivity contribution is 0.972. The number of nitriles is 2. The molecule has 0 aromatic rings. The van der Waals surface area contributed by atoms with Crippen LogP contribution in [0.5, 0.6) is 0 Å². The maximum absolute atomic E-state index is 7.86. The zero-order valence-corrected chi connectivity index (χ0v) is 4.18. The Morgan fingerprint density at radius 2 is 1.57 bits per heavy atom. The van der Waals surface area contributed by atoms with E-state index in [0.29, 0.717) is 0 Å². The van der Waals surface area contributed by atoms with E-state index < -0.39 is 5.92 Å². The van der Waals surface area contributed by atoms with Crippen LogP contribution in [-0.2, 0) is 0 Å². The maximum atomic E-state index is 7.86. The van der Waals surface area contributed by atoms with Crippen molar-refractivity contribution in [3.8, 4) is 12.1 Å². The van der Waals surface area contributed by atoms with Gasteiger partial charge in [-0.2, -0.15) is 10.5 Å². The van der Waals surface area contributed by atoms with Gasteiger partial charge in [-0.25, -0.2) is 0 Å². The Hall–Kier alpha value is -1.06. The predicted octanol–water partition coefficient (Wildman–Crippen LogP) is 0.832. The third kappa shape index (κ3) is 4.94. The van der Waals surface area contributed by atoms with Crippen LogP contribution < -0.4 is 6.15 Å². The third-order valence-electron chi connectivity index (χ3n) is 0.387. The fraction of sp³-hybridized carbons (Fsp3) is 0.500. The molecule has 0 aliphatic rings. The fourth-order valence-corrected chi connectivity index (χ4v) is 0.0289. The minimum Gasteiger partial charge on any atom is -0.344 e. The number of hydrogen-bond donors (Lipinski definition) is 1. The Kier molecular flexibility index (Phi) is 6.59. The molecule has 0 aliphatic heterocycles. The largest absolute Gasteiger partial charge is 0.344 e. The standard InChI is InChI=1S/C4H4N2.H3N/c1-4(2-5)3-6;/h4H,1H3;1H3. The zero-order chi connectivity index (χ0) is 4.99. The molecule has 0 amide bonds. The van der Waals surface area contributed by atoms with E-state index >= 15 is 0 Å². The Labute approximate surface area is 42.8 Å². The number of rotatable bonds is 0. The van der Waals surface area contributed by atoms with Crippen LogP contribution in [0.3, 0.4) is 0 Å². The van der Waals surface area contributed by atoms with Gasteiger partial charge in [0.15, 0.2) is 0 Å². The molecule has 0 saturated carbocycles. The smallest absolute Gasteiger partial charge is 0.130 e. The first-order valence-corrected chi connectivity index (χ1v) is 1.60. The van der Waals surface area contributed by atoms with Gasteiger partial charge in [0.2, 0.25) is 0 Å². The molecule has 3 N–H and O–H groups in total. The first-order valence-electron chi connectivity index (χ1n) is 1.60. The van der Waals surface area contributed by atoms with E-state index in [1.54, 1.807) is 19.1 Å². The first kappa shape index (κ1) is 9.34. The number of hydrogen-bond acceptors (Lipinski definition) is 3. The summed E-state index contributed by atoms with van der Waals surface area (Å²) in [7, 11) is 0. The van der Waals surface area contributed by atoms with Gasteiger partial charge in [0.05, 0.1) is 12.1 Å². The quantitative estimate of drug-likeness (QED) is 0.486. The summed E-state index contributed by atoms with van der Waals surface area (Å²) in [6, 6.07) is 3.51. The summed E-state index contributed by atoms with van der Waals surface area (Å²) in [6.45, 7) is 1.56. The highest BCUT2D eigenvalue weighted by molar-refractivity contribution is 4.95. The van der Waals surface area contributed by atoms with Gasteiger partial charge in [-0.1, -0.05) is 0 Å². The average molecular weight is 97.1 g/mol. The molecule has 0 saturated heterocycles. The minimum absolute atomic E-state index is 0. The van der Waals surface area contributed by atoms with Crippen molar-refractivity contribution in [1.82, 2.24) is 6.15 Å². The van der Waals surface area contributed by atoms with Crippen molar-refractivity contribution in [2.45, 2.75) is 6.92 Å². The average Bonchev–Trinajstić information content (AvgIpc) is 1.65. The van der Waals surface area contributed by atoms with Gasteiger partial charge in [-0.15, -0.1) is 0 Å². The van der Waals surface area contributed by atoms with Gasteiger partial charge in [-0.05, 0) is 6.92 Å². The number of nitrogens with zero attached hydrogens (tertiary/aromatic N) is 2. The van der Waals surface area contributed by atoms with Gasteiger partial charge in [0, 0.05) is 0 Å². The highest BCUT2D eigenvalue weighted by Crippen LogP contribution is 1.82. The summed E-state index contributed by atoms with van der Waals surface area (Å²) in [4.78, 5) is 0. The van der Waals surface area contributed by atoms with Crippen LogP contribution in [0, 0.1) is 28.6 Å². The molecule has 0 atom stereocenters. The van der Waals surface area contributed by atoms with Crippen LogP contribution in [0.25, 0.3) is 0 Å². The lowest BCUT2D eigenvalue weighted by atomic mass is 10.2. The monoisotopic (exact) mass is 97.1 g/mol. The third-order valence-corrected chi connectivity index (χ3v) is 0.387. The Balaban J connectivity index is 0. The van der Waals surface area contributed by atoms with E-state index in [4.69, 9.17) is 10.5 Å². The molecule has 0 unspecified atom stereocenters. The summed E-state index contributed by atoms with van der Waals surface area (Å²) in [5.74, 6) is -0.454. The van der Waals surface area contributed by atoms with Gasteiger partial charge in [0.1, 0.15) is 5.92 Å². The predicted molar refractivity (Wildman–Crippen MR) is 25.4 cm³/mol. The highest BCUT2D eigenvalue weighted by Gasteiger charge is 1.88. The molecule has 3 nitrogen and oxygen atoms in total. The second kappa shape index (κ2) is 4.94. The van der Waals surface area contributed by atoms with Crippen molar-refractivity contribution in [3.63, 3.8) is 0 Å². The van der Waals surface area contributed by atoms with Gasteiger partial charge in [-0.3, -0.25) is 0 Å². The first-order chi connectivity index (χ1) is 2.81. The summed E-state index contributed by atoms with van der Waals surface area (Å²) in [5, 5.41) is 15.7. The summed E-state index contributed by atoms with van der Waals surface area (Å²) in [6.07, 6.45) is 0. The molecule has 0 fully saturated rings. The molecule has 0 aromatic carbocycles. The van der Waals surface area contributed by atoms with Crippen molar-refractivity contribution >= 4 is 0 Å². The van der Waals surface area contributed by atoms with Crippen molar-refractivity contribution in [3.05, 3.63) is 0 Å². The molecule has 0 spiro atoms. The second-order valence-electron chi connectivity index (χ2n) is 0.980. The molecule has 0 aliphatic carbocycles. The second-order valence-corrected chi connectivity index (χ2v) is 0.980. The van der Waals surface area contributed by atoms with Crippen LogP contribution >= 0.6 is 0 Å². The molecule has 0 heterocycles. The summed E-state index contributed by atoms with van der Waals surface area (Å²) in [5.41, 5.74) is 0. The summed E-state index contributed by atoms with van der Waals surface area (Å²) < 4.78 is 0. The lowest BCUT2D eigenvalue weighted by Gasteiger charge is -1.72. The van der Waals surface area contributed by atoms with Crippen LogP contribution in [-0.4, -0.2) is 0 Å². The highest BCUT2D eigenvalue weighted by atomic mass is 14.3. The van der Waals surface area contributed by atoms with Gasteiger partial charge < -0.3 is 6.15 Å². The van der Waals surface area contributed by atoms with E-state index in [0.717, 1.165) is 0 Å². The van der Waals surface area contributed by atoms with E-state index in [-0.39, 0.29) is 6.15 Å². The van der Waals surface area contributed by atoms with Gasteiger partial charge in [0.25, 0.3) is 0 Å². The molecule has 0 bridgehead atoms. The molecule has 0 radical (unpaired) electrons. The van der Waals surface area contributed by atoms with E-state index in [2.05, 4.69) is 0 Å². The topological polar surface area (TPSA) is 82.6 Å². The molecular weight excluding hydrogens is 90.1 g/mol. The van der Waals surface area contributed by atoms with Crippen LogP contribution in [0.4, 0.5) is 0 Å². The SMILES string of the molecule is CC(C#N)C#N.N. The van der Waals surface area contributed by atoms with Crippen LogP contribution in [0.2, 0.25) is 0 Å². The molecule has 0 rings (SSSR count). The zero-order valence-electron chi connectivity index (χ0n) is 4.18. The van der Waals surface area contributed by atoms with Crippen molar-refractivity contribution in [1.29, 1.82) is 10.5 Å². The Morgan fingerprint density at radius 3 is 1.57 bits per heavy atom. The van der Waals surface area contributed by atoms with E-state index in [1.807, 2.05) is 0 Å². The maximum Gasteiger partial charge on any atom is 0.130 e. The lowest BCUT2D eigenvalue weighted by Crippen LogP contribution is -1.78. The minimum atomic E-state index is -0.454. The van der Waals surface area contributed by atoms with Crippen LogP contribution in [0.1, 0.15) is 6.92 Å². The van der Waals surface area contributed by atoms with Crippen molar-refractivity contribution in [2.24, 2.45) is 5.92 Å². The molecule has 7 heavy (non-hydrogen) atoms. The molecular formula is C4H7N3.